The summed E-state index contributed by atoms with van der Waals surface area (Å²) >= 11 is 5.71. The summed E-state index contributed by atoms with van der Waals surface area (Å²) in [4.78, 5) is 7.83. The largest absolute Gasteiger partial charge is 0.236 e. The van der Waals surface area contributed by atoms with Crippen LogP contribution in [-0.4, -0.2) is 9.97 Å². The molecule has 0 radical (unpaired) electrons. The minimum Gasteiger partial charge on any atom is -0.236 e. The van der Waals surface area contributed by atoms with Crippen molar-refractivity contribution in [2.24, 2.45) is 0 Å². The summed E-state index contributed by atoms with van der Waals surface area (Å²) in [5.41, 5.74) is 1.62. The van der Waals surface area contributed by atoms with Gasteiger partial charge in [0, 0.05) is 6.07 Å². The van der Waals surface area contributed by atoms with Crippen LogP contribution in [0.15, 0.2) is 43.8 Å². The van der Waals surface area contributed by atoms with E-state index in [9.17, 15) is 0 Å². The van der Waals surface area contributed by atoms with Crippen molar-refractivity contribution >= 4 is 17.2 Å². The molecule has 0 unspecified atom stereocenters. The number of halogens is 1. The lowest BCUT2D eigenvalue weighted by molar-refractivity contribution is 1.14. The number of allylic oxidation sites excluding steroid dienone is 4. The fourth-order valence-electron chi connectivity index (χ4n) is 0.876. The Morgan fingerprint density at radius 1 is 1.38 bits per heavy atom. The van der Waals surface area contributed by atoms with Crippen molar-refractivity contribution in [2.75, 3.05) is 0 Å². The van der Waals surface area contributed by atoms with E-state index in [2.05, 4.69) is 23.1 Å². The normalized spacial score (nSPS) is 11.0. The fraction of sp³-hybridized carbons (Fsp3) is 0. The Bertz CT molecular complexity index is 356. The van der Waals surface area contributed by atoms with Gasteiger partial charge in [0.2, 0.25) is 0 Å². The first-order valence-electron chi connectivity index (χ1n) is 3.71. The Kier molecular flexibility index (Phi) is 3.41. The van der Waals surface area contributed by atoms with Crippen LogP contribution < -0.4 is 0 Å². The third-order valence-electron chi connectivity index (χ3n) is 1.45. The Labute approximate surface area is 82.3 Å². The third-order valence-corrected chi connectivity index (χ3v) is 1.65. The molecular weight excluding hydrogens is 184 g/mol. The molecule has 0 fully saturated rings. The van der Waals surface area contributed by atoms with Crippen LogP contribution in [0.5, 0.6) is 0 Å². The maximum absolute atomic E-state index is 5.71. The summed E-state index contributed by atoms with van der Waals surface area (Å²) in [6.45, 7) is 7.26. The summed E-state index contributed by atoms with van der Waals surface area (Å²) in [7, 11) is 0. The Morgan fingerprint density at radius 2 is 2.15 bits per heavy atom. The summed E-state index contributed by atoms with van der Waals surface area (Å²) < 4.78 is 0. The van der Waals surface area contributed by atoms with Crippen LogP contribution in [0.4, 0.5) is 0 Å². The van der Waals surface area contributed by atoms with Gasteiger partial charge in [0.05, 0.1) is 5.69 Å². The number of nitrogens with zero attached hydrogens (tertiary/aromatic N) is 2. The summed E-state index contributed by atoms with van der Waals surface area (Å²) in [6, 6.07) is 1.68. The average Bonchev–Trinajstić information content (AvgIpc) is 2.14. The molecule has 1 aromatic rings. The van der Waals surface area contributed by atoms with E-state index >= 15 is 0 Å². The molecule has 0 saturated carbocycles. The number of hydrogen-bond donors (Lipinski definition) is 0. The quantitative estimate of drug-likeness (QED) is 0.544. The van der Waals surface area contributed by atoms with Crippen LogP contribution >= 0.6 is 11.6 Å². The molecule has 1 aromatic heterocycles. The number of aromatic nitrogens is 2. The predicted molar refractivity (Wildman–Crippen MR) is 55.4 cm³/mol. The summed E-state index contributed by atoms with van der Waals surface area (Å²) in [5, 5.41) is 0.418. The molecule has 0 aliphatic heterocycles. The van der Waals surface area contributed by atoms with E-state index in [0.717, 1.165) is 11.3 Å². The molecule has 13 heavy (non-hydrogen) atoms. The van der Waals surface area contributed by atoms with Crippen LogP contribution in [0.2, 0.25) is 5.15 Å². The molecule has 3 heteroatoms. The van der Waals surface area contributed by atoms with Gasteiger partial charge in [-0.3, -0.25) is 0 Å². The molecule has 0 N–H and O–H groups in total. The average molecular weight is 193 g/mol. The summed E-state index contributed by atoms with van der Waals surface area (Å²) in [6.07, 6.45) is 6.59. The van der Waals surface area contributed by atoms with Crippen LogP contribution in [0.1, 0.15) is 5.69 Å². The zero-order chi connectivity index (χ0) is 9.68. The Hall–Kier alpha value is -1.41. The van der Waals surface area contributed by atoms with Gasteiger partial charge in [-0.1, -0.05) is 43.0 Å². The van der Waals surface area contributed by atoms with Gasteiger partial charge >= 0.3 is 0 Å². The van der Waals surface area contributed by atoms with E-state index in [0.29, 0.717) is 5.15 Å². The van der Waals surface area contributed by atoms with Crippen molar-refractivity contribution in [1.29, 1.82) is 0 Å². The van der Waals surface area contributed by atoms with Crippen molar-refractivity contribution in [3.63, 3.8) is 0 Å². The van der Waals surface area contributed by atoms with Crippen LogP contribution in [-0.2, 0) is 0 Å². The van der Waals surface area contributed by atoms with Gasteiger partial charge in [-0.05, 0) is 5.57 Å². The first-order chi connectivity index (χ1) is 6.27. The van der Waals surface area contributed by atoms with Gasteiger partial charge < -0.3 is 0 Å². The number of hydrogen-bond acceptors (Lipinski definition) is 2. The molecule has 0 bridgehead atoms. The van der Waals surface area contributed by atoms with Crippen molar-refractivity contribution in [3.8, 4) is 0 Å². The summed E-state index contributed by atoms with van der Waals surface area (Å²) in [5.74, 6) is 0. The minimum absolute atomic E-state index is 0.418. The second-order valence-corrected chi connectivity index (χ2v) is 2.68. The lowest BCUT2D eigenvalue weighted by atomic mass is 10.1. The van der Waals surface area contributed by atoms with Crippen LogP contribution in [0.25, 0.3) is 5.57 Å². The van der Waals surface area contributed by atoms with Crippen molar-refractivity contribution < 1.29 is 0 Å². The van der Waals surface area contributed by atoms with E-state index < -0.39 is 0 Å². The van der Waals surface area contributed by atoms with Crippen molar-refractivity contribution in [1.82, 2.24) is 9.97 Å². The van der Waals surface area contributed by atoms with Gasteiger partial charge in [-0.2, -0.15) is 0 Å². The van der Waals surface area contributed by atoms with Crippen LogP contribution in [0, 0.1) is 0 Å². The predicted octanol–water partition coefficient (Wildman–Crippen LogP) is 2.89. The molecule has 0 aromatic carbocycles. The zero-order valence-corrected chi connectivity index (χ0v) is 7.83. The lowest BCUT2D eigenvalue weighted by Gasteiger charge is -1.99. The second kappa shape index (κ2) is 4.58. The molecule has 1 rings (SSSR count). The second-order valence-electron chi connectivity index (χ2n) is 2.29. The van der Waals surface area contributed by atoms with Crippen molar-refractivity contribution in [3.05, 3.63) is 54.6 Å². The molecule has 0 aliphatic carbocycles. The fourth-order valence-corrected chi connectivity index (χ4v) is 1.02. The molecule has 1 heterocycles. The molecular formula is C10H9ClN2. The molecule has 66 valence electrons. The highest BCUT2D eigenvalue weighted by atomic mass is 35.5. The van der Waals surface area contributed by atoms with E-state index in [4.69, 9.17) is 11.6 Å². The third kappa shape index (κ3) is 2.53. The maximum atomic E-state index is 5.71. The lowest BCUT2D eigenvalue weighted by Crippen LogP contribution is -1.87. The molecule has 2 nitrogen and oxygen atoms in total. The highest BCUT2D eigenvalue weighted by molar-refractivity contribution is 6.29. The van der Waals surface area contributed by atoms with Gasteiger partial charge in [0.25, 0.3) is 0 Å². The van der Waals surface area contributed by atoms with E-state index in [1.807, 2.05) is 6.08 Å². The van der Waals surface area contributed by atoms with E-state index in [1.165, 1.54) is 6.33 Å². The van der Waals surface area contributed by atoms with E-state index in [1.54, 1.807) is 18.2 Å². The molecule has 0 spiro atoms. The SMILES string of the molecule is C=C/C=C(\C=C)c1cc(Cl)ncn1. The zero-order valence-electron chi connectivity index (χ0n) is 7.07. The van der Waals surface area contributed by atoms with Crippen LogP contribution in [0.3, 0.4) is 0 Å². The standard InChI is InChI=1S/C10H9ClN2/c1-3-5-8(4-2)9-6-10(11)13-7-12-9/h3-7H,1-2H2/b8-5+. The molecule has 0 aliphatic rings. The smallest absolute Gasteiger partial charge is 0.133 e. The molecule has 0 atom stereocenters. The van der Waals surface area contributed by atoms with Gasteiger partial charge in [0.1, 0.15) is 11.5 Å². The van der Waals surface area contributed by atoms with Gasteiger partial charge in [0.15, 0.2) is 0 Å². The highest BCUT2D eigenvalue weighted by Crippen LogP contribution is 2.14. The first kappa shape index (κ1) is 9.68. The highest BCUT2D eigenvalue weighted by Gasteiger charge is 1.98. The maximum Gasteiger partial charge on any atom is 0.133 e. The molecule has 0 amide bonds. The Balaban J connectivity index is 3.12. The Morgan fingerprint density at radius 3 is 2.69 bits per heavy atom. The van der Waals surface area contributed by atoms with Gasteiger partial charge in [-0.25, -0.2) is 9.97 Å². The first-order valence-corrected chi connectivity index (χ1v) is 4.09. The van der Waals surface area contributed by atoms with Crippen molar-refractivity contribution in [2.45, 2.75) is 0 Å². The molecule has 0 saturated heterocycles. The van der Waals surface area contributed by atoms with Gasteiger partial charge in [-0.15, -0.1) is 0 Å². The monoisotopic (exact) mass is 192 g/mol. The topological polar surface area (TPSA) is 25.8 Å². The number of rotatable bonds is 3. The minimum atomic E-state index is 0.418. The van der Waals surface area contributed by atoms with E-state index in [-0.39, 0.29) is 0 Å².